The number of methoxy groups -OCH3 is 1. The zero-order valence-corrected chi connectivity index (χ0v) is 10.9. The molecule has 0 amide bonds. The largest absolute Gasteiger partial charge is 0.497 e. The molecule has 0 aliphatic carbocycles. The highest BCUT2D eigenvalue weighted by molar-refractivity contribution is 7.99. The summed E-state index contributed by atoms with van der Waals surface area (Å²) in [6, 6.07) is 5.88. The van der Waals surface area contributed by atoms with Gasteiger partial charge < -0.3 is 15.0 Å². The van der Waals surface area contributed by atoms with E-state index in [0.29, 0.717) is 0 Å². The average Bonchev–Trinajstić information content (AvgIpc) is 2.76. The lowest BCUT2D eigenvalue weighted by Crippen LogP contribution is -2.08. The van der Waals surface area contributed by atoms with Crippen LogP contribution in [-0.2, 0) is 0 Å². The van der Waals surface area contributed by atoms with Crippen LogP contribution in [0.5, 0.6) is 5.75 Å². The fraction of sp³-hybridized carbons (Fsp3) is 0.417. The van der Waals surface area contributed by atoms with Gasteiger partial charge in [-0.05, 0) is 32.1 Å². The first-order chi connectivity index (χ1) is 8.33. The molecule has 0 atom stereocenters. The summed E-state index contributed by atoms with van der Waals surface area (Å²) in [6.07, 6.45) is 1.14. The molecule has 2 N–H and O–H groups in total. The van der Waals surface area contributed by atoms with Gasteiger partial charge in [0.25, 0.3) is 0 Å². The Morgan fingerprint density at radius 2 is 2.35 bits per heavy atom. The van der Waals surface area contributed by atoms with Gasteiger partial charge in [-0.2, -0.15) is 0 Å². The van der Waals surface area contributed by atoms with Gasteiger partial charge in [0, 0.05) is 11.8 Å². The van der Waals surface area contributed by atoms with Crippen LogP contribution >= 0.6 is 11.8 Å². The van der Waals surface area contributed by atoms with Crippen LogP contribution in [0.3, 0.4) is 0 Å². The molecule has 0 spiro atoms. The molecular formula is C12H17N3OS. The summed E-state index contributed by atoms with van der Waals surface area (Å²) in [7, 11) is 3.64. The van der Waals surface area contributed by atoms with Crippen molar-refractivity contribution in [3.05, 3.63) is 18.2 Å². The zero-order chi connectivity index (χ0) is 12.1. The highest BCUT2D eigenvalue weighted by Crippen LogP contribution is 2.23. The number of fused-ring (bicyclic) bond motifs is 1. The minimum Gasteiger partial charge on any atom is -0.497 e. The molecule has 0 fully saturated rings. The molecule has 1 aromatic heterocycles. The molecule has 17 heavy (non-hydrogen) atoms. The SMILES string of the molecule is CNCCCSc1nc2ccc(OC)cc2[nH]1. The van der Waals surface area contributed by atoms with E-state index in [1.54, 1.807) is 18.9 Å². The maximum Gasteiger partial charge on any atom is 0.166 e. The summed E-state index contributed by atoms with van der Waals surface area (Å²) in [5, 5.41) is 4.11. The van der Waals surface area contributed by atoms with E-state index in [1.807, 2.05) is 25.2 Å². The Morgan fingerprint density at radius 1 is 1.47 bits per heavy atom. The van der Waals surface area contributed by atoms with E-state index in [2.05, 4.69) is 15.3 Å². The van der Waals surface area contributed by atoms with Crippen molar-refractivity contribution in [2.24, 2.45) is 0 Å². The van der Waals surface area contributed by atoms with Crippen LogP contribution in [0, 0.1) is 0 Å². The fourth-order valence-corrected chi connectivity index (χ4v) is 2.41. The third-order valence-corrected chi connectivity index (χ3v) is 3.44. The second-order valence-corrected chi connectivity index (χ2v) is 4.81. The van der Waals surface area contributed by atoms with Crippen molar-refractivity contribution in [2.75, 3.05) is 26.5 Å². The zero-order valence-electron chi connectivity index (χ0n) is 10.1. The number of rotatable bonds is 6. The van der Waals surface area contributed by atoms with E-state index in [0.717, 1.165) is 40.7 Å². The van der Waals surface area contributed by atoms with Crippen molar-refractivity contribution in [3.8, 4) is 5.75 Å². The van der Waals surface area contributed by atoms with Gasteiger partial charge in [-0.1, -0.05) is 11.8 Å². The molecule has 0 bridgehead atoms. The summed E-state index contributed by atoms with van der Waals surface area (Å²) in [5.41, 5.74) is 2.02. The number of nitrogens with zero attached hydrogens (tertiary/aromatic N) is 1. The van der Waals surface area contributed by atoms with Crippen LogP contribution in [0.4, 0.5) is 0 Å². The lowest BCUT2D eigenvalue weighted by Gasteiger charge is -1.97. The number of benzene rings is 1. The molecule has 4 nitrogen and oxygen atoms in total. The number of hydrogen-bond acceptors (Lipinski definition) is 4. The summed E-state index contributed by atoms with van der Waals surface area (Å²) in [5.74, 6) is 1.92. The number of H-pyrrole nitrogens is 1. The molecule has 0 saturated carbocycles. The Balaban J connectivity index is 2.04. The molecule has 0 saturated heterocycles. The van der Waals surface area contributed by atoms with E-state index in [4.69, 9.17) is 4.74 Å². The molecule has 0 radical (unpaired) electrons. The number of aromatic amines is 1. The number of thioether (sulfide) groups is 1. The smallest absolute Gasteiger partial charge is 0.166 e. The van der Waals surface area contributed by atoms with Gasteiger partial charge in [0.05, 0.1) is 18.1 Å². The number of aromatic nitrogens is 2. The van der Waals surface area contributed by atoms with E-state index in [9.17, 15) is 0 Å². The van der Waals surface area contributed by atoms with Gasteiger partial charge in [-0.15, -0.1) is 0 Å². The molecule has 0 aliphatic heterocycles. The molecule has 2 rings (SSSR count). The first kappa shape index (κ1) is 12.3. The molecule has 0 unspecified atom stereocenters. The van der Waals surface area contributed by atoms with Gasteiger partial charge >= 0.3 is 0 Å². The van der Waals surface area contributed by atoms with Gasteiger partial charge in [0.1, 0.15) is 5.75 Å². The Hall–Kier alpha value is -1.20. The maximum atomic E-state index is 5.18. The lowest BCUT2D eigenvalue weighted by atomic mass is 10.3. The lowest BCUT2D eigenvalue weighted by molar-refractivity contribution is 0.415. The van der Waals surface area contributed by atoms with Crippen LogP contribution in [0.2, 0.25) is 0 Å². The average molecular weight is 251 g/mol. The van der Waals surface area contributed by atoms with Crippen LogP contribution in [0.25, 0.3) is 11.0 Å². The maximum absolute atomic E-state index is 5.18. The Labute approximate surface area is 105 Å². The Kier molecular flexibility index (Phi) is 4.28. The first-order valence-corrected chi connectivity index (χ1v) is 6.63. The molecule has 92 valence electrons. The van der Waals surface area contributed by atoms with E-state index in [1.165, 1.54) is 0 Å². The Bertz CT molecular complexity index is 484. The second-order valence-electron chi connectivity index (χ2n) is 3.73. The molecule has 1 aromatic carbocycles. The quantitative estimate of drug-likeness (QED) is 0.611. The van der Waals surface area contributed by atoms with Crippen molar-refractivity contribution in [1.82, 2.24) is 15.3 Å². The standard InChI is InChI=1S/C12H17N3OS/c1-13-6-3-7-17-12-14-10-5-4-9(16-2)8-11(10)15-12/h4-5,8,13H,3,6-7H2,1-2H3,(H,14,15). The Morgan fingerprint density at radius 3 is 3.12 bits per heavy atom. The minimum absolute atomic E-state index is 0.855. The molecule has 2 aromatic rings. The van der Waals surface area contributed by atoms with Crippen molar-refractivity contribution in [3.63, 3.8) is 0 Å². The normalized spacial score (nSPS) is 10.9. The highest BCUT2D eigenvalue weighted by atomic mass is 32.2. The summed E-state index contributed by atoms with van der Waals surface area (Å²) in [4.78, 5) is 7.82. The van der Waals surface area contributed by atoms with Crippen molar-refractivity contribution >= 4 is 22.8 Å². The number of hydrogen-bond donors (Lipinski definition) is 2. The fourth-order valence-electron chi connectivity index (χ4n) is 1.58. The van der Waals surface area contributed by atoms with Crippen molar-refractivity contribution < 1.29 is 4.74 Å². The van der Waals surface area contributed by atoms with Crippen molar-refractivity contribution in [1.29, 1.82) is 0 Å². The van der Waals surface area contributed by atoms with Crippen LogP contribution in [0.15, 0.2) is 23.4 Å². The van der Waals surface area contributed by atoms with Gasteiger partial charge in [-0.3, -0.25) is 0 Å². The van der Waals surface area contributed by atoms with Gasteiger partial charge in [0.15, 0.2) is 5.16 Å². The van der Waals surface area contributed by atoms with Gasteiger partial charge in [0.2, 0.25) is 0 Å². The number of ether oxygens (including phenoxy) is 1. The van der Waals surface area contributed by atoms with Gasteiger partial charge in [-0.25, -0.2) is 4.98 Å². The third-order valence-electron chi connectivity index (χ3n) is 2.48. The predicted octanol–water partition coefficient (Wildman–Crippen LogP) is 2.27. The van der Waals surface area contributed by atoms with Crippen LogP contribution < -0.4 is 10.1 Å². The highest BCUT2D eigenvalue weighted by Gasteiger charge is 2.04. The monoisotopic (exact) mass is 251 g/mol. The summed E-state index contributed by atoms with van der Waals surface area (Å²) < 4.78 is 5.18. The first-order valence-electron chi connectivity index (χ1n) is 5.64. The van der Waals surface area contributed by atoms with E-state index < -0.39 is 0 Å². The molecule has 0 aliphatic rings. The van der Waals surface area contributed by atoms with E-state index in [-0.39, 0.29) is 0 Å². The third kappa shape index (κ3) is 3.14. The minimum atomic E-state index is 0.855. The summed E-state index contributed by atoms with van der Waals surface area (Å²) >= 11 is 1.75. The molecule has 1 heterocycles. The summed E-state index contributed by atoms with van der Waals surface area (Å²) in [6.45, 7) is 1.04. The number of nitrogens with one attached hydrogen (secondary N) is 2. The van der Waals surface area contributed by atoms with E-state index >= 15 is 0 Å². The predicted molar refractivity (Wildman–Crippen MR) is 71.9 cm³/mol. The van der Waals surface area contributed by atoms with Crippen LogP contribution in [0.1, 0.15) is 6.42 Å². The topological polar surface area (TPSA) is 49.9 Å². The molecule has 5 heteroatoms. The molecular weight excluding hydrogens is 234 g/mol. The van der Waals surface area contributed by atoms with Crippen molar-refractivity contribution in [2.45, 2.75) is 11.6 Å². The van der Waals surface area contributed by atoms with Crippen LogP contribution in [-0.4, -0.2) is 36.4 Å². The number of imidazole rings is 1. The second kappa shape index (κ2) is 5.93.